The number of hydrogen-bond acceptors (Lipinski definition) is 3. The van der Waals surface area contributed by atoms with E-state index in [4.69, 9.17) is 5.11 Å². The van der Waals surface area contributed by atoms with E-state index in [0.717, 1.165) is 18.0 Å². The maximum atomic E-state index is 9.04. The van der Waals surface area contributed by atoms with Crippen molar-refractivity contribution in [1.82, 2.24) is 10.2 Å². The molecule has 0 aliphatic carbocycles. The van der Waals surface area contributed by atoms with Crippen LogP contribution in [0.25, 0.3) is 0 Å². The van der Waals surface area contributed by atoms with Gasteiger partial charge in [-0.3, -0.25) is 0 Å². The fourth-order valence-electron chi connectivity index (χ4n) is 2.99. The Bertz CT molecular complexity index is 390. The molecule has 3 heteroatoms. The fourth-order valence-corrected chi connectivity index (χ4v) is 2.99. The predicted octanol–water partition coefficient (Wildman–Crippen LogP) is 2.39. The minimum atomic E-state index is 0.124. The molecule has 0 radical (unpaired) electrons. The maximum absolute atomic E-state index is 9.04. The van der Waals surface area contributed by atoms with Crippen LogP contribution in [0, 0.1) is 5.92 Å². The highest BCUT2D eigenvalue weighted by Gasteiger charge is 2.23. The summed E-state index contributed by atoms with van der Waals surface area (Å²) in [5.41, 5.74) is 2.27. The first-order valence-electron chi connectivity index (χ1n) is 7.87. The van der Waals surface area contributed by atoms with Crippen molar-refractivity contribution in [1.29, 1.82) is 0 Å². The molecule has 1 fully saturated rings. The van der Waals surface area contributed by atoms with Crippen LogP contribution < -0.4 is 5.32 Å². The van der Waals surface area contributed by atoms with Gasteiger partial charge in [-0.1, -0.05) is 31.2 Å². The second-order valence-electron chi connectivity index (χ2n) is 5.94. The third kappa shape index (κ3) is 4.30. The van der Waals surface area contributed by atoms with Gasteiger partial charge in [-0.2, -0.15) is 0 Å². The molecule has 1 saturated heterocycles. The summed E-state index contributed by atoms with van der Waals surface area (Å²) in [6.07, 6.45) is 2.67. The highest BCUT2D eigenvalue weighted by molar-refractivity contribution is 5.21. The summed E-state index contributed by atoms with van der Waals surface area (Å²) in [5, 5.41) is 12.7. The van der Waals surface area contributed by atoms with Crippen molar-refractivity contribution < 1.29 is 5.11 Å². The van der Waals surface area contributed by atoms with Gasteiger partial charge in [-0.25, -0.2) is 0 Å². The third-order valence-electron chi connectivity index (χ3n) is 4.53. The number of rotatable bonds is 6. The minimum absolute atomic E-state index is 0.124. The van der Waals surface area contributed by atoms with Gasteiger partial charge in [0.15, 0.2) is 0 Å². The number of benzene rings is 1. The summed E-state index contributed by atoms with van der Waals surface area (Å²) in [5.74, 6) is 0.764. The number of nitrogens with one attached hydrogen (secondary N) is 1. The van der Waals surface area contributed by atoms with Crippen LogP contribution in [0.4, 0.5) is 0 Å². The number of hydrogen-bond donors (Lipinski definition) is 2. The van der Waals surface area contributed by atoms with E-state index < -0.39 is 0 Å². The Kier molecular flexibility index (Phi) is 6.02. The lowest BCUT2D eigenvalue weighted by Gasteiger charge is -2.35. The Morgan fingerprint density at radius 3 is 2.65 bits per heavy atom. The van der Waals surface area contributed by atoms with Gasteiger partial charge in [-0.05, 0) is 49.9 Å². The topological polar surface area (TPSA) is 35.5 Å². The summed E-state index contributed by atoms with van der Waals surface area (Å²) in [6, 6.07) is 8.76. The van der Waals surface area contributed by atoms with Gasteiger partial charge in [0.1, 0.15) is 0 Å². The molecule has 1 aromatic carbocycles. The van der Waals surface area contributed by atoms with Gasteiger partial charge in [0.2, 0.25) is 0 Å². The normalized spacial score (nSPS) is 21.9. The molecular formula is C17H28N2O. The van der Waals surface area contributed by atoms with Crippen molar-refractivity contribution in [3.63, 3.8) is 0 Å². The number of piperidine rings is 1. The highest BCUT2D eigenvalue weighted by Crippen LogP contribution is 2.19. The summed E-state index contributed by atoms with van der Waals surface area (Å²) in [7, 11) is 0. The molecule has 3 nitrogen and oxygen atoms in total. The number of nitrogens with zero attached hydrogens (tertiary/aromatic N) is 1. The zero-order valence-electron chi connectivity index (χ0n) is 12.8. The van der Waals surface area contributed by atoms with E-state index in [0.29, 0.717) is 6.04 Å². The minimum Gasteiger partial charge on any atom is -0.392 e. The van der Waals surface area contributed by atoms with Gasteiger partial charge in [0.05, 0.1) is 6.61 Å². The van der Waals surface area contributed by atoms with Crippen LogP contribution in [0.2, 0.25) is 0 Å². The van der Waals surface area contributed by atoms with Crippen molar-refractivity contribution in [3.8, 4) is 0 Å². The summed E-state index contributed by atoms with van der Waals surface area (Å²) < 4.78 is 0. The molecule has 1 aromatic rings. The Labute approximate surface area is 123 Å². The van der Waals surface area contributed by atoms with Crippen LogP contribution in [0.3, 0.4) is 0 Å². The van der Waals surface area contributed by atoms with Crippen LogP contribution in [0.1, 0.15) is 37.8 Å². The second-order valence-corrected chi connectivity index (χ2v) is 5.94. The lowest BCUT2D eigenvalue weighted by atomic mass is 9.91. The molecular weight excluding hydrogens is 248 g/mol. The van der Waals surface area contributed by atoms with Gasteiger partial charge in [0.25, 0.3) is 0 Å². The summed E-state index contributed by atoms with van der Waals surface area (Å²) >= 11 is 0. The van der Waals surface area contributed by atoms with Crippen molar-refractivity contribution in [3.05, 3.63) is 35.4 Å². The van der Waals surface area contributed by atoms with E-state index in [9.17, 15) is 0 Å². The zero-order chi connectivity index (χ0) is 14.4. The van der Waals surface area contributed by atoms with Crippen molar-refractivity contribution >= 4 is 0 Å². The highest BCUT2D eigenvalue weighted by atomic mass is 16.3. The van der Waals surface area contributed by atoms with E-state index in [2.05, 4.69) is 36.2 Å². The lowest BCUT2D eigenvalue weighted by molar-refractivity contribution is 0.157. The van der Waals surface area contributed by atoms with E-state index in [1.165, 1.54) is 38.0 Å². The molecule has 20 heavy (non-hydrogen) atoms. The Morgan fingerprint density at radius 1 is 1.30 bits per heavy atom. The van der Waals surface area contributed by atoms with Crippen LogP contribution in [-0.4, -0.2) is 35.7 Å². The van der Waals surface area contributed by atoms with Crippen molar-refractivity contribution in [2.45, 2.75) is 45.9 Å². The van der Waals surface area contributed by atoms with E-state index >= 15 is 0 Å². The van der Waals surface area contributed by atoms with E-state index in [1.54, 1.807) is 0 Å². The molecule has 2 N–H and O–H groups in total. The first-order valence-corrected chi connectivity index (χ1v) is 7.87. The molecule has 2 unspecified atom stereocenters. The van der Waals surface area contributed by atoms with Gasteiger partial charge >= 0.3 is 0 Å². The Hall–Kier alpha value is -0.900. The monoisotopic (exact) mass is 276 g/mol. The molecule has 0 saturated carbocycles. The van der Waals surface area contributed by atoms with Gasteiger partial charge < -0.3 is 15.3 Å². The van der Waals surface area contributed by atoms with Crippen molar-refractivity contribution in [2.75, 3.05) is 19.6 Å². The fraction of sp³-hybridized carbons (Fsp3) is 0.647. The van der Waals surface area contributed by atoms with E-state index in [-0.39, 0.29) is 6.61 Å². The molecule has 0 bridgehead atoms. The standard InChI is InChI=1S/C17H28N2O/c1-3-19-10-4-5-17(12-19)14(2)18-11-15-6-8-16(13-20)9-7-15/h6-9,14,17-18,20H,3-5,10-13H2,1-2H3. The SMILES string of the molecule is CCN1CCCC(C(C)NCc2ccc(CO)cc2)C1. The molecule has 0 amide bonds. The van der Waals surface area contributed by atoms with Crippen LogP contribution in [0.15, 0.2) is 24.3 Å². The lowest BCUT2D eigenvalue weighted by Crippen LogP contribution is -2.44. The quantitative estimate of drug-likeness (QED) is 0.837. The Balaban J connectivity index is 1.80. The van der Waals surface area contributed by atoms with E-state index in [1.807, 2.05) is 12.1 Å². The third-order valence-corrected chi connectivity index (χ3v) is 4.53. The average molecular weight is 276 g/mol. The molecule has 112 valence electrons. The first kappa shape index (κ1) is 15.5. The molecule has 1 aliphatic rings. The number of aliphatic hydroxyl groups excluding tert-OH is 1. The van der Waals surface area contributed by atoms with Crippen LogP contribution in [0.5, 0.6) is 0 Å². The van der Waals surface area contributed by atoms with Crippen molar-refractivity contribution in [2.24, 2.45) is 5.92 Å². The molecule has 2 rings (SSSR count). The zero-order valence-corrected chi connectivity index (χ0v) is 12.8. The molecule has 2 atom stereocenters. The van der Waals surface area contributed by atoms with Crippen LogP contribution in [-0.2, 0) is 13.2 Å². The van der Waals surface area contributed by atoms with Gasteiger partial charge in [0, 0.05) is 19.1 Å². The predicted molar refractivity (Wildman–Crippen MR) is 83.5 cm³/mol. The average Bonchev–Trinajstić information content (AvgIpc) is 2.53. The smallest absolute Gasteiger partial charge is 0.0681 e. The molecule has 1 heterocycles. The molecule has 0 spiro atoms. The largest absolute Gasteiger partial charge is 0.392 e. The molecule has 0 aromatic heterocycles. The maximum Gasteiger partial charge on any atom is 0.0681 e. The summed E-state index contributed by atoms with van der Waals surface area (Å²) in [4.78, 5) is 2.56. The van der Waals surface area contributed by atoms with Crippen LogP contribution >= 0.6 is 0 Å². The van der Waals surface area contributed by atoms with Gasteiger partial charge in [-0.15, -0.1) is 0 Å². The number of aliphatic hydroxyl groups is 1. The summed E-state index contributed by atoms with van der Waals surface area (Å²) in [6.45, 7) is 9.27. The Morgan fingerprint density at radius 2 is 2.00 bits per heavy atom. The first-order chi connectivity index (χ1) is 9.72. The number of likely N-dealkylation sites (tertiary alicyclic amines) is 1. The molecule has 1 aliphatic heterocycles. The second kappa shape index (κ2) is 7.77.